The molecule has 5 heteroatoms. The third kappa shape index (κ3) is 5.44. The lowest BCUT2D eigenvalue weighted by atomic mass is 9.80. The number of aliphatic hydroxyl groups is 1. The molecular weight excluding hydrogens is 312 g/mol. The van der Waals surface area contributed by atoms with Crippen LogP contribution in [-0.2, 0) is 6.54 Å². The summed E-state index contributed by atoms with van der Waals surface area (Å²) in [5.74, 6) is 0.851. The van der Waals surface area contributed by atoms with E-state index in [0.717, 1.165) is 64.2 Å². The van der Waals surface area contributed by atoms with Crippen molar-refractivity contribution in [3.8, 4) is 0 Å². The molecule has 1 saturated carbocycles. The molecule has 0 unspecified atom stereocenters. The molecule has 0 radical (unpaired) electrons. The first kappa shape index (κ1) is 18.2. The topological polar surface area (TPSA) is 59.9 Å². The van der Waals surface area contributed by atoms with Crippen LogP contribution >= 0.6 is 0 Å². The highest BCUT2D eigenvalue weighted by Crippen LogP contribution is 2.31. The highest BCUT2D eigenvalue weighted by atomic mass is 16.3. The lowest BCUT2D eigenvalue weighted by Gasteiger charge is -2.36. The Bertz CT molecular complexity index is 548. The molecule has 5 nitrogen and oxygen atoms in total. The van der Waals surface area contributed by atoms with E-state index in [-0.39, 0.29) is 0 Å². The van der Waals surface area contributed by atoms with E-state index < -0.39 is 5.60 Å². The Morgan fingerprint density at radius 3 is 2.56 bits per heavy atom. The van der Waals surface area contributed by atoms with E-state index in [1.165, 1.54) is 5.56 Å². The van der Waals surface area contributed by atoms with Crippen molar-refractivity contribution < 1.29 is 5.11 Å². The van der Waals surface area contributed by atoms with Gasteiger partial charge in [0.15, 0.2) is 5.96 Å². The molecule has 0 bridgehead atoms. The van der Waals surface area contributed by atoms with Crippen molar-refractivity contribution in [2.45, 2.75) is 57.2 Å². The minimum absolute atomic E-state index is 0.459. The number of likely N-dealkylation sites (tertiary alicyclic amines) is 1. The second-order valence-electron chi connectivity index (χ2n) is 7.45. The van der Waals surface area contributed by atoms with Crippen LogP contribution in [0.2, 0.25) is 0 Å². The van der Waals surface area contributed by atoms with E-state index in [1.807, 2.05) is 0 Å². The van der Waals surface area contributed by atoms with Crippen LogP contribution in [0.4, 0.5) is 0 Å². The lowest BCUT2D eigenvalue weighted by molar-refractivity contribution is -0.0236. The monoisotopic (exact) mass is 344 g/mol. The van der Waals surface area contributed by atoms with Gasteiger partial charge in [-0.2, -0.15) is 0 Å². The summed E-state index contributed by atoms with van der Waals surface area (Å²) in [6, 6.07) is 11.1. The smallest absolute Gasteiger partial charge is 0.191 e. The second-order valence-corrected chi connectivity index (χ2v) is 7.45. The molecule has 2 fully saturated rings. The number of hydrogen-bond donors (Lipinski definition) is 3. The van der Waals surface area contributed by atoms with E-state index >= 15 is 0 Å². The first-order valence-electron chi connectivity index (χ1n) is 9.70. The van der Waals surface area contributed by atoms with Crippen LogP contribution in [-0.4, -0.2) is 53.8 Å². The van der Waals surface area contributed by atoms with Gasteiger partial charge in [-0.05, 0) is 44.6 Å². The number of nitrogens with one attached hydrogen (secondary N) is 2. The van der Waals surface area contributed by atoms with E-state index in [2.05, 4.69) is 57.8 Å². The highest BCUT2D eigenvalue weighted by Gasteiger charge is 2.34. The van der Waals surface area contributed by atoms with Crippen LogP contribution in [0.15, 0.2) is 35.3 Å². The van der Waals surface area contributed by atoms with Gasteiger partial charge in [0.2, 0.25) is 0 Å². The maximum Gasteiger partial charge on any atom is 0.191 e. The summed E-state index contributed by atoms with van der Waals surface area (Å²) in [5, 5.41) is 17.1. The van der Waals surface area contributed by atoms with E-state index in [4.69, 9.17) is 0 Å². The molecule has 0 aromatic heterocycles. The van der Waals surface area contributed by atoms with Crippen LogP contribution in [0.5, 0.6) is 0 Å². The molecule has 3 rings (SSSR count). The minimum atomic E-state index is -0.554. The van der Waals surface area contributed by atoms with Gasteiger partial charge in [0.1, 0.15) is 0 Å². The average Bonchev–Trinajstić information content (AvgIpc) is 2.61. The van der Waals surface area contributed by atoms with Gasteiger partial charge in [-0.25, -0.2) is 0 Å². The van der Waals surface area contributed by atoms with Gasteiger partial charge >= 0.3 is 0 Å². The quantitative estimate of drug-likeness (QED) is 0.546. The van der Waals surface area contributed by atoms with Crippen LogP contribution < -0.4 is 10.6 Å². The number of piperidine rings is 1. The van der Waals surface area contributed by atoms with Crippen molar-refractivity contribution >= 4 is 5.96 Å². The predicted octanol–water partition coefficient (Wildman–Crippen LogP) is 2.12. The van der Waals surface area contributed by atoms with Gasteiger partial charge in [-0.15, -0.1) is 0 Å². The molecule has 2 aliphatic rings. The van der Waals surface area contributed by atoms with Crippen molar-refractivity contribution in [3.63, 3.8) is 0 Å². The zero-order valence-electron chi connectivity index (χ0n) is 15.4. The summed E-state index contributed by atoms with van der Waals surface area (Å²) in [4.78, 5) is 7.14. The number of nitrogens with zero attached hydrogens (tertiary/aromatic N) is 2. The van der Waals surface area contributed by atoms with Crippen LogP contribution in [0.1, 0.15) is 44.6 Å². The predicted molar refractivity (Wildman–Crippen MR) is 103 cm³/mol. The van der Waals surface area contributed by atoms with E-state index in [0.29, 0.717) is 12.6 Å². The molecule has 1 aromatic rings. The summed E-state index contributed by atoms with van der Waals surface area (Å²) in [7, 11) is 0. The Kier molecular flexibility index (Phi) is 6.32. The molecule has 1 saturated heterocycles. The summed E-state index contributed by atoms with van der Waals surface area (Å²) >= 11 is 0. The molecule has 1 aliphatic heterocycles. The number of hydrogen-bond acceptors (Lipinski definition) is 3. The summed E-state index contributed by atoms with van der Waals surface area (Å²) in [5.41, 5.74) is 0.832. The molecule has 0 amide bonds. The van der Waals surface area contributed by atoms with Crippen LogP contribution in [0.3, 0.4) is 0 Å². The number of guanidine groups is 1. The fraction of sp³-hybridized carbons (Fsp3) is 0.650. The standard InChI is InChI=1S/C20H32N4O/c1-2-21-19(22-16-20(25)11-6-12-20)23-18-9-13-24(14-10-18)15-17-7-4-3-5-8-17/h3-5,7-8,18,25H,2,6,9-16H2,1H3,(H2,21,22,23). The second kappa shape index (κ2) is 8.68. The zero-order chi connectivity index (χ0) is 17.5. The summed E-state index contributed by atoms with van der Waals surface area (Å²) < 4.78 is 0. The molecular formula is C20H32N4O. The Labute approximate surface area is 151 Å². The van der Waals surface area contributed by atoms with Crippen molar-refractivity contribution in [2.75, 3.05) is 26.2 Å². The van der Waals surface area contributed by atoms with Crippen molar-refractivity contribution in [1.29, 1.82) is 0 Å². The summed E-state index contributed by atoms with van der Waals surface area (Å²) in [6.45, 7) is 6.69. The first-order chi connectivity index (χ1) is 12.2. The van der Waals surface area contributed by atoms with Gasteiger partial charge in [0.25, 0.3) is 0 Å². The zero-order valence-corrected chi connectivity index (χ0v) is 15.4. The maximum atomic E-state index is 10.2. The number of aliphatic imine (C=N–C) groups is 1. The van der Waals surface area contributed by atoms with E-state index in [9.17, 15) is 5.11 Å². The normalized spacial score (nSPS) is 21.6. The third-order valence-electron chi connectivity index (χ3n) is 5.34. The molecule has 25 heavy (non-hydrogen) atoms. The molecule has 0 atom stereocenters. The Hall–Kier alpha value is -1.59. The van der Waals surface area contributed by atoms with Gasteiger partial charge in [-0.3, -0.25) is 9.89 Å². The van der Waals surface area contributed by atoms with Crippen molar-refractivity contribution in [2.24, 2.45) is 4.99 Å². The fourth-order valence-electron chi connectivity index (χ4n) is 3.56. The highest BCUT2D eigenvalue weighted by molar-refractivity contribution is 5.80. The van der Waals surface area contributed by atoms with Gasteiger partial charge < -0.3 is 15.7 Å². The fourth-order valence-corrected chi connectivity index (χ4v) is 3.56. The molecule has 1 aromatic carbocycles. The van der Waals surface area contributed by atoms with Gasteiger partial charge in [-0.1, -0.05) is 30.3 Å². The van der Waals surface area contributed by atoms with Crippen LogP contribution in [0.25, 0.3) is 0 Å². The number of benzene rings is 1. The lowest BCUT2D eigenvalue weighted by Crippen LogP contribution is -2.49. The third-order valence-corrected chi connectivity index (χ3v) is 5.34. The molecule has 1 aliphatic carbocycles. The Balaban J connectivity index is 1.45. The Morgan fingerprint density at radius 1 is 1.24 bits per heavy atom. The molecule has 3 N–H and O–H groups in total. The maximum absolute atomic E-state index is 10.2. The largest absolute Gasteiger partial charge is 0.388 e. The van der Waals surface area contributed by atoms with Crippen molar-refractivity contribution in [1.82, 2.24) is 15.5 Å². The molecule has 1 heterocycles. The summed E-state index contributed by atoms with van der Waals surface area (Å²) in [6.07, 6.45) is 5.14. The Morgan fingerprint density at radius 2 is 1.96 bits per heavy atom. The minimum Gasteiger partial charge on any atom is -0.388 e. The van der Waals surface area contributed by atoms with Gasteiger partial charge in [0.05, 0.1) is 12.1 Å². The average molecular weight is 345 g/mol. The van der Waals surface area contributed by atoms with Crippen molar-refractivity contribution in [3.05, 3.63) is 35.9 Å². The SMILES string of the molecule is CCNC(=NCC1(O)CCC1)NC1CCN(Cc2ccccc2)CC1. The molecule has 138 valence electrons. The van der Waals surface area contributed by atoms with E-state index in [1.54, 1.807) is 0 Å². The van der Waals surface area contributed by atoms with Crippen LogP contribution in [0, 0.1) is 0 Å². The first-order valence-corrected chi connectivity index (χ1v) is 9.70. The van der Waals surface area contributed by atoms with Gasteiger partial charge in [0, 0.05) is 32.2 Å². The number of rotatable bonds is 6. The molecule has 0 spiro atoms.